The number of hydrogen-bond donors (Lipinski definition) is 2. The summed E-state index contributed by atoms with van der Waals surface area (Å²) in [5.41, 5.74) is 7.77. The van der Waals surface area contributed by atoms with Crippen molar-refractivity contribution >= 4 is 23.1 Å². The third-order valence-corrected chi connectivity index (χ3v) is 6.68. The van der Waals surface area contributed by atoms with Crippen molar-refractivity contribution < 1.29 is 18.0 Å². The molecule has 1 aliphatic rings. The molecule has 37 heavy (non-hydrogen) atoms. The highest BCUT2D eigenvalue weighted by atomic mass is 19.4. The van der Waals surface area contributed by atoms with E-state index in [0.29, 0.717) is 17.0 Å². The average Bonchev–Trinajstić information content (AvgIpc) is 3.29. The van der Waals surface area contributed by atoms with E-state index in [2.05, 4.69) is 27.1 Å². The summed E-state index contributed by atoms with van der Waals surface area (Å²) in [5.74, 6) is 0.784. The standard InChI is InChI=1S/C26H26F3N7O/c1-2-35-12-3-4-18(15-35)24-34-21(22-23(30)32-11-13-36(22)24)16-5-7-17(8-6-16)25(37)33-20-14-19(9-10-31-20)26(27,28)29/h5-11,13-14,18H,2-4,12,15H2,1H3,(H2,30,32)(H,31,33,37). The molecule has 1 atom stereocenters. The van der Waals surface area contributed by atoms with Gasteiger partial charge in [0.15, 0.2) is 0 Å². The number of fused-ring (bicyclic) bond motifs is 1. The Morgan fingerprint density at radius 3 is 2.68 bits per heavy atom. The molecule has 1 saturated heterocycles. The molecule has 0 saturated carbocycles. The molecule has 1 aromatic carbocycles. The fourth-order valence-electron chi connectivity index (χ4n) is 4.77. The molecular weight excluding hydrogens is 483 g/mol. The number of nitrogens with one attached hydrogen (secondary N) is 1. The van der Waals surface area contributed by atoms with Gasteiger partial charge < -0.3 is 16.0 Å². The fourth-order valence-corrected chi connectivity index (χ4v) is 4.77. The Bertz CT molecular complexity index is 1430. The van der Waals surface area contributed by atoms with Crippen LogP contribution in [0.25, 0.3) is 16.8 Å². The first-order chi connectivity index (χ1) is 17.7. The third kappa shape index (κ3) is 4.99. The molecule has 4 heterocycles. The number of rotatable bonds is 5. The summed E-state index contributed by atoms with van der Waals surface area (Å²) in [6.07, 6.45) is 2.12. The number of carbonyl (C=O) groups is 1. The predicted octanol–water partition coefficient (Wildman–Crippen LogP) is 4.84. The van der Waals surface area contributed by atoms with Crippen molar-refractivity contribution in [2.75, 3.05) is 30.7 Å². The zero-order valence-electron chi connectivity index (χ0n) is 20.2. The normalized spacial score (nSPS) is 16.7. The molecular formula is C26H26F3N7O. The monoisotopic (exact) mass is 509 g/mol. The van der Waals surface area contributed by atoms with E-state index in [-0.39, 0.29) is 17.3 Å². The number of amides is 1. The summed E-state index contributed by atoms with van der Waals surface area (Å²) in [4.78, 5) is 28.1. The van der Waals surface area contributed by atoms with Crippen LogP contribution < -0.4 is 11.1 Å². The van der Waals surface area contributed by atoms with Crippen LogP contribution in [-0.4, -0.2) is 49.8 Å². The van der Waals surface area contributed by atoms with Crippen LogP contribution in [0.4, 0.5) is 24.8 Å². The SMILES string of the molecule is CCN1CCCC(c2nc(-c3ccc(C(=O)Nc4cc(C(F)(F)F)ccn4)cc3)c3c(N)nccn23)C1. The van der Waals surface area contributed by atoms with Gasteiger partial charge in [-0.1, -0.05) is 19.1 Å². The number of aromatic nitrogens is 4. The molecule has 1 aliphatic heterocycles. The Morgan fingerprint density at radius 2 is 1.95 bits per heavy atom. The van der Waals surface area contributed by atoms with Crippen molar-refractivity contribution in [1.82, 2.24) is 24.3 Å². The number of piperidine rings is 1. The Balaban J connectivity index is 1.43. The number of nitrogens with two attached hydrogens (primary N) is 1. The zero-order valence-corrected chi connectivity index (χ0v) is 20.2. The van der Waals surface area contributed by atoms with Crippen LogP contribution in [0.15, 0.2) is 55.0 Å². The maximum absolute atomic E-state index is 13.0. The molecule has 1 unspecified atom stereocenters. The molecule has 1 fully saturated rings. The first-order valence-electron chi connectivity index (χ1n) is 12.0. The number of nitrogen functional groups attached to an aromatic ring is 1. The van der Waals surface area contributed by atoms with Crippen molar-refractivity contribution in [1.29, 1.82) is 0 Å². The number of pyridine rings is 1. The van der Waals surface area contributed by atoms with Gasteiger partial charge in [-0.05, 0) is 50.2 Å². The van der Waals surface area contributed by atoms with Crippen LogP contribution >= 0.6 is 0 Å². The van der Waals surface area contributed by atoms with Crippen LogP contribution in [0.1, 0.15) is 47.4 Å². The lowest BCUT2D eigenvalue weighted by molar-refractivity contribution is -0.137. The highest BCUT2D eigenvalue weighted by molar-refractivity contribution is 6.04. The second-order valence-electron chi connectivity index (χ2n) is 9.04. The number of likely N-dealkylation sites (tertiary alicyclic amines) is 1. The fraction of sp³-hybridized carbons (Fsp3) is 0.308. The molecule has 192 valence electrons. The maximum atomic E-state index is 13.0. The summed E-state index contributed by atoms with van der Waals surface area (Å²) in [7, 11) is 0. The molecule has 8 nitrogen and oxygen atoms in total. The van der Waals surface area contributed by atoms with Crippen LogP contribution in [0.5, 0.6) is 0 Å². The highest BCUT2D eigenvalue weighted by Crippen LogP contribution is 2.34. The summed E-state index contributed by atoms with van der Waals surface area (Å²) in [6, 6.07) is 8.32. The summed E-state index contributed by atoms with van der Waals surface area (Å²) in [5, 5.41) is 2.42. The summed E-state index contributed by atoms with van der Waals surface area (Å²) < 4.78 is 40.9. The number of alkyl halides is 3. The molecule has 0 aliphatic carbocycles. The average molecular weight is 510 g/mol. The number of likely N-dealkylation sites (N-methyl/N-ethyl adjacent to an activating group) is 1. The van der Waals surface area contributed by atoms with E-state index in [4.69, 9.17) is 10.7 Å². The van der Waals surface area contributed by atoms with Crippen LogP contribution in [-0.2, 0) is 6.18 Å². The number of benzene rings is 1. The number of carbonyl (C=O) groups excluding carboxylic acids is 1. The largest absolute Gasteiger partial charge is 0.416 e. The second kappa shape index (κ2) is 9.81. The van der Waals surface area contributed by atoms with E-state index in [1.54, 1.807) is 30.5 Å². The minimum Gasteiger partial charge on any atom is -0.382 e. The van der Waals surface area contributed by atoms with Gasteiger partial charge in [-0.15, -0.1) is 0 Å². The van der Waals surface area contributed by atoms with E-state index in [1.807, 2.05) is 10.6 Å². The lowest BCUT2D eigenvalue weighted by Gasteiger charge is -2.31. The van der Waals surface area contributed by atoms with Crippen molar-refractivity contribution in [2.24, 2.45) is 0 Å². The highest BCUT2D eigenvalue weighted by Gasteiger charge is 2.31. The van der Waals surface area contributed by atoms with Gasteiger partial charge in [0.1, 0.15) is 28.7 Å². The number of anilines is 2. The number of imidazole rings is 1. The van der Waals surface area contributed by atoms with E-state index in [1.165, 1.54) is 0 Å². The van der Waals surface area contributed by atoms with Crippen molar-refractivity contribution in [3.8, 4) is 11.3 Å². The van der Waals surface area contributed by atoms with Gasteiger partial charge >= 0.3 is 6.18 Å². The molecule has 3 N–H and O–H groups in total. The predicted molar refractivity (Wildman–Crippen MR) is 134 cm³/mol. The van der Waals surface area contributed by atoms with Gasteiger partial charge in [0.25, 0.3) is 5.91 Å². The summed E-state index contributed by atoms with van der Waals surface area (Å²) in [6.45, 7) is 5.13. The van der Waals surface area contributed by atoms with Crippen LogP contribution in [0, 0.1) is 0 Å². The molecule has 1 amide bonds. The molecule has 0 radical (unpaired) electrons. The lowest BCUT2D eigenvalue weighted by Crippen LogP contribution is -2.34. The van der Waals surface area contributed by atoms with E-state index < -0.39 is 17.6 Å². The van der Waals surface area contributed by atoms with Gasteiger partial charge in [0.05, 0.1) is 5.56 Å². The van der Waals surface area contributed by atoms with Crippen LogP contribution in [0.3, 0.4) is 0 Å². The Kier molecular flexibility index (Phi) is 6.55. The first kappa shape index (κ1) is 24.7. The van der Waals surface area contributed by atoms with E-state index in [0.717, 1.165) is 62.2 Å². The van der Waals surface area contributed by atoms with Gasteiger partial charge in [-0.25, -0.2) is 15.0 Å². The first-order valence-corrected chi connectivity index (χ1v) is 12.0. The number of nitrogens with zero attached hydrogens (tertiary/aromatic N) is 5. The van der Waals surface area contributed by atoms with Crippen LogP contribution in [0.2, 0.25) is 0 Å². The Morgan fingerprint density at radius 1 is 1.16 bits per heavy atom. The van der Waals surface area contributed by atoms with E-state index >= 15 is 0 Å². The Hall–Kier alpha value is -3.99. The molecule has 0 bridgehead atoms. The molecule has 5 rings (SSSR count). The minimum absolute atomic E-state index is 0.180. The molecule has 3 aromatic heterocycles. The van der Waals surface area contributed by atoms with E-state index in [9.17, 15) is 18.0 Å². The zero-order chi connectivity index (χ0) is 26.2. The third-order valence-electron chi connectivity index (χ3n) is 6.68. The quantitative estimate of drug-likeness (QED) is 0.399. The minimum atomic E-state index is -4.53. The maximum Gasteiger partial charge on any atom is 0.416 e. The van der Waals surface area contributed by atoms with Gasteiger partial charge in [0.2, 0.25) is 0 Å². The van der Waals surface area contributed by atoms with Crippen molar-refractivity contribution in [3.05, 3.63) is 71.9 Å². The van der Waals surface area contributed by atoms with Crippen molar-refractivity contribution in [2.45, 2.75) is 31.9 Å². The number of halogens is 3. The Labute approximate surface area is 211 Å². The van der Waals surface area contributed by atoms with Crippen molar-refractivity contribution in [3.63, 3.8) is 0 Å². The molecule has 4 aromatic rings. The van der Waals surface area contributed by atoms with Gasteiger partial charge in [-0.2, -0.15) is 13.2 Å². The summed E-state index contributed by atoms with van der Waals surface area (Å²) >= 11 is 0. The van der Waals surface area contributed by atoms with Gasteiger partial charge in [0, 0.05) is 42.2 Å². The smallest absolute Gasteiger partial charge is 0.382 e. The molecule has 11 heteroatoms. The molecule has 0 spiro atoms. The number of hydrogen-bond acceptors (Lipinski definition) is 6. The lowest BCUT2D eigenvalue weighted by atomic mass is 9.97. The topological polar surface area (TPSA) is 101 Å². The second-order valence-corrected chi connectivity index (χ2v) is 9.04. The van der Waals surface area contributed by atoms with Gasteiger partial charge in [-0.3, -0.25) is 9.20 Å².